The zero-order valence-electron chi connectivity index (χ0n) is 20.3. The summed E-state index contributed by atoms with van der Waals surface area (Å²) in [7, 11) is 0. The summed E-state index contributed by atoms with van der Waals surface area (Å²) in [4.78, 5) is 15.9. The zero-order valence-corrected chi connectivity index (χ0v) is 20.3. The summed E-state index contributed by atoms with van der Waals surface area (Å²) in [5.74, 6) is 0.812. The van der Waals surface area contributed by atoms with E-state index in [-0.39, 0.29) is 11.8 Å². The van der Waals surface area contributed by atoms with E-state index >= 15 is 0 Å². The summed E-state index contributed by atoms with van der Waals surface area (Å²) in [5, 5.41) is 3.30. The molecule has 178 valence electrons. The van der Waals surface area contributed by atoms with Crippen LogP contribution in [0.15, 0.2) is 30.3 Å². The number of carbonyl (C=O) groups excluding carboxylic acids is 1. The van der Waals surface area contributed by atoms with Gasteiger partial charge in [-0.1, -0.05) is 75.3 Å². The van der Waals surface area contributed by atoms with E-state index in [0.29, 0.717) is 11.3 Å². The second-order valence-electron chi connectivity index (χ2n) is 11.0. The summed E-state index contributed by atoms with van der Waals surface area (Å²) in [6, 6.07) is 10.5. The molecule has 1 amide bonds. The van der Waals surface area contributed by atoms with E-state index in [0.717, 1.165) is 13.0 Å². The van der Waals surface area contributed by atoms with Gasteiger partial charge in [0.1, 0.15) is 0 Å². The van der Waals surface area contributed by atoms with Crippen LogP contribution in [0.1, 0.15) is 108 Å². The Balaban J connectivity index is 1.14. The highest BCUT2D eigenvalue weighted by Crippen LogP contribution is 2.44. The van der Waals surface area contributed by atoms with Gasteiger partial charge in [-0.25, -0.2) is 0 Å². The molecule has 1 unspecified atom stereocenters. The van der Waals surface area contributed by atoms with Crippen molar-refractivity contribution in [2.45, 2.75) is 102 Å². The van der Waals surface area contributed by atoms with Crippen molar-refractivity contribution in [3.05, 3.63) is 35.9 Å². The number of likely N-dealkylation sites (tertiary alicyclic amines) is 1. The molecular weight excluding hydrogens is 392 g/mol. The van der Waals surface area contributed by atoms with Crippen molar-refractivity contribution in [3.8, 4) is 0 Å². The molecule has 1 heterocycles. The first kappa shape index (κ1) is 23.8. The first-order chi connectivity index (χ1) is 15.8. The molecule has 1 aromatic rings. The fraction of sp³-hybridized carbons (Fsp3) is 0.759. The molecule has 1 atom stereocenters. The van der Waals surface area contributed by atoms with Crippen molar-refractivity contribution >= 4 is 5.91 Å². The van der Waals surface area contributed by atoms with Crippen molar-refractivity contribution in [2.24, 2.45) is 11.3 Å². The van der Waals surface area contributed by atoms with Crippen LogP contribution in [0.5, 0.6) is 0 Å². The van der Waals surface area contributed by atoms with Gasteiger partial charge in [0.25, 0.3) is 0 Å². The first-order valence-corrected chi connectivity index (χ1v) is 13.8. The molecule has 1 N–H and O–H groups in total. The topological polar surface area (TPSA) is 32.3 Å². The van der Waals surface area contributed by atoms with Gasteiger partial charge in [-0.3, -0.25) is 4.79 Å². The molecule has 0 radical (unpaired) electrons. The predicted molar refractivity (Wildman–Crippen MR) is 134 cm³/mol. The van der Waals surface area contributed by atoms with Crippen LogP contribution < -0.4 is 5.32 Å². The number of benzene rings is 1. The van der Waals surface area contributed by atoms with Gasteiger partial charge < -0.3 is 10.2 Å². The number of hydrogen-bond donors (Lipinski definition) is 1. The Labute approximate surface area is 196 Å². The molecule has 32 heavy (non-hydrogen) atoms. The van der Waals surface area contributed by atoms with E-state index in [2.05, 4.69) is 40.5 Å². The van der Waals surface area contributed by atoms with Gasteiger partial charge in [0.05, 0.1) is 5.92 Å². The molecule has 0 bridgehead atoms. The van der Waals surface area contributed by atoms with Gasteiger partial charge in [0, 0.05) is 6.54 Å². The van der Waals surface area contributed by atoms with E-state index < -0.39 is 0 Å². The third kappa shape index (κ3) is 6.59. The number of amides is 1. The van der Waals surface area contributed by atoms with Crippen molar-refractivity contribution in [2.75, 3.05) is 26.2 Å². The Kier molecular flexibility index (Phi) is 9.08. The Morgan fingerprint density at radius 1 is 0.875 bits per heavy atom. The fourth-order valence-corrected chi connectivity index (χ4v) is 6.78. The second-order valence-corrected chi connectivity index (χ2v) is 11.0. The van der Waals surface area contributed by atoms with Gasteiger partial charge in [-0.15, -0.1) is 0 Å². The van der Waals surface area contributed by atoms with Gasteiger partial charge in [0.15, 0.2) is 0 Å². The quantitative estimate of drug-likeness (QED) is 0.436. The predicted octanol–water partition coefficient (Wildman–Crippen LogP) is 6.68. The van der Waals surface area contributed by atoms with Crippen molar-refractivity contribution in [1.82, 2.24) is 10.2 Å². The normalized spacial score (nSPS) is 23.1. The summed E-state index contributed by atoms with van der Waals surface area (Å²) in [6.45, 7) is 4.71. The van der Waals surface area contributed by atoms with Crippen LogP contribution in [0.25, 0.3) is 0 Å². The number of nitrogens with one attached hydrogen (secondary N) is 1. The average molecular weight is 439 g/mol. The standard InChI is InChI=1S/C29H46N2O/c32-28(27(25-13-5-1-6-14-25)26-15-7-2-8-16-26)30-21-11-4-12-22-31-23-19-29(20-24-31)17-9-3-10-18-29/h1,5-6,13-14,26-27H,2-4,7-12,15-24H2,(H,30,32). The Hall–Kier alpha value is -1.35. The largest absolute Gasteiger partial charge is 0.356 e. The maximum atomic E-state index is 13.2. The molecule has 1 aliphatic heterocycles. The molecule has 1 saturated heterocycles. The van der Waals surface area contributed by atoms with E-state index in [1.807, 2.05) is 0 Å². The van der Waals surface area contributed by atoms with Crippen LogP contribution in [-0.2, 0) is 4.79 Å². The number of piperidine rings is 1. The molecule has 4 rings (SSSR count). The second kappa shape index (κ2) is 12.2. The van der Waals surface area contributed by atoms with Crippen LogP contribution in [-0.4, -0.2) is 37.0 Å². The number of nitrogens with zero attached hydrogens (tertiary/aromatic N) is 1. The highest BCUT2D eigenvalue weighted by molar-refractivity contribution is 5.84. The number of unbranched alkanes of at least 4 members (excludes halogenated alkanes) is 2. The van der Waals surface area contributed by atoms with Gasteiger partial charge in [-0.2, -0.15) is 0 Å². The molecule has 3 heteroatoms. The van der Waals surface area contributed by atoms with Crippen molar-refractivity contribution in [3.63, 3.8) is 0 Å². The van der Waals surface area contributed by atoms with E-state index in [9.17, 15) is 4.79 Å². The number of carbonyl (C=O) groups is 1. The molecule has 3 fully saturated rings. The van der Waals surface area contributed by atoms with Crippen LogP contribution in [0, 0.1) is 11.3 Å². The maximum Gasteiger partial charge on any atom is 0.227 e. The Morgan fingerprint density at radius 3 is 2.28 bits per heavy atom. The Bertz CT molecular complexity index is 666. The lowest BCUT2D eigenvalue weighted by Gasteiger charge is -2.44. The van der Waals surface area contributed by atoms with Crippen LogP contribution in [0.2, 0.25) is 0 Å². The lowest BCUT2D eigenvalue weighted by molar-refractivity contribution is -0.124. The monoisotopic (exact) mass is 438 g/mol. The average Bonchev–Trinajstić information content (AvgIpc) is 2.85. The molecule has 1 aromatic carbocycles. The lowest BCUT2D eigenvalue weighted by Crippen LogP contribution is -2.41. The molecular formula is C29H46N2O. The van der Waals surface area contributed by atoms with Crippen LogP contribution in [0.3, 0.4) is 0 Å². The fourth-order valence-electron chi connectivity index (χ4n) is 6.78. The van der Waals surface area contributed by atoms with E-state index in [1.54, 1.807) is 0 Å². The van der Waals surface area contributed by atoms with Crippen LogP contribution in [0.4, 0.5) is 0 Å². The van der Waals surface area contributed by atoms with E-state index in [4.69, 9.17) is 0 Å². The maximum absolute atomic E-state index is 13.2. The first-order valence-electron chi connectivity index (χ1n) is 13.8. The highest BCUT2D eigenvalue weighted by atomic mass is 16.1. The highest BCUT2D eigenvalue weighted by Gasteiger charge is 2.35. The van der Waals surface area contributed by atoms with Gasteiger partial charge in [-0.05, 0) is 87.9 Å². The summed E-state index contributed by atoms with van der Waals surface area (Å²) >= 11 is 0. The minimum Gasteiger partial charge on any atom is -0.356 e. The van der Waals surface area contributed by atoms with Gasteiger partial charge >= 0.3 is 0 Å². The molecule has 2 aliphatic carbocycles. The molecule has 0 aromatic heterocycles. The molecule has 2 saturated carbocycles. The Morgan fingerprint density at radius 2 is 1.56 bits per heavy atom. The number of hydrogen-bond acceptors (Lipinski definition) is 2. The van der Waals surface area contributed by atoms with Crippen molar-refractivity contribution < 1.29 is 4.79 Å². The minimum absolute atomic E-state index is 0.0389. The summed E-state index contributed by atoms with van der Waals surface area (Å²) in [5.41, 5.74) is 1.92. The smallest absolute Gasteiger partial charge is 0.227 e. The molecule has 3 nitrogen and oxygen atoms in total. The van der Waals surface area contributed by atoms with Gasteiger partial charge in [0.2, 0.25) is 5.91 Å². The summed E-state index contributed by atoms with van der Waals surface area (Å²) < 4.78 is 0. The summed E-state index contributed by atoms with van der Waals surface area (Å²) in [6.07, 6.45) is 20.1. The third-order valence-corrected chi connectivity index (χ3v) is 8.84. The lowest BCUT2D eigenvalue weighted by atomic mass is 9.68. The third-order valence-electron chi connectivity index (χ3n) is 8.84. The number of rotatable bonds is 9. The minimum atomic E-state index is 0.0389. The zero-order chi connectivity index (χ0) is 22.1. The van der Waals surface area contributed by atoms with Crippen molar-refractivity contribution in [1.29, 1.82) is 0 Å². The van der Waals surface area contributed by atoms with Crippen LogP contribution >= 0.6 is 0 Å². The van der Waals surface area contributed by atoms with E-state index in [1.165, 1.54) is 115 Å². The molecule has 3 aliphatic rings. The SMILES string of the molecule is O=C(NCCCCCN1CCC2(CCCCC2)CC1)C(c1ccccc1)C1CCCCC1. The molecule has 1 spiro atoms.